The third kappa shape index (κ3) is 3.70. The van der Waals surface area contributed by atoms with Crippen molar-refractivity contribution in [2.75, 3.05) is 38.2 Å². The zero-order valence-corrected chi connectivity index (χ0v) is 13.2. The van der Waals surface area contributed by atoms with Crippen molar-refractivity contribution in [1.29, 1.82) is 0 Å². The van der Waals surface area contributed by atoms with Gasteiger partial charge in [0.1, 0.15) is 5.54 Å². The molecule has 2 rings (SSSR count). The van der Waals surface area contributed by atoms with Gasteiger partial charge in [0, 0.05) is 41.9 Å². The van der Waals surface area contributed by atoms with Crippen LogP contribution in [0.3, 0.4) is 0 Å². The maximum atomic E-state index is 12.1. The summed E-state index contributed by atoms with van der Waals surface area (Å²) >= 11 is 0. The van der Waals surface area contributed by atoms with E-state index >= 15 is 0 Å². The molecule has 21 heavy (non-hydrogen) atoms. The lowest BCUT2D eigenvalue weighted by atomic mass is 9.85. The molecule has 1 heterocycles. The number of hydrogen-bond acceptors (Lipinski definition) is 4. The van der Waals surface area contributed by atoms with E-state index in [0.29, 0.717) is 17.9 Å². The molecule has 1 aromatic carbocycles. The van der Waals surface area contributed by atoms with E-state index in [4.69, 9.17) is 5.73 Å². The van der Waals surface area contributed by atoms with Crippen LogP contribution < -0.4 is 11.1 Å². The predicted molar refractivity (Wildman–Crippen MR) is 85.3 cm³/mol. The highest BCUT2D eigenvalue weighted by Crippen LogP contribution is 2.25. The standard InChI is InChI=1S/C15H23N3O2S/c1-17-15(14(16)19,13-5-3-2-4-6-13)7-8-18-9-11-21(20)12-10-18/h2-6,17H,7-12H2,1H3,(H2,16,19). The highest BCUT2D eigenvalue weighted by Gasteiger charge is 2.37. The van der Waals surface area contributed by atoms with Crippen molar-refractivity contribution in [3.05, 3.63) is 35.9 Å². The molecule has 1 aliphatic rings. The van der Waals surface area contributed by atoms with Gasteiger partial charge in [-0.15, -0.1) is 0 Å². The molecule has 0 radical (unpaired) electrons. The fourth-order valence-electron chi connectivity index (χ4n) is 2.75. The van der Waals surface area contributed by atoms with Crippen LogP contribution in [0, 0.1) is 0 Å². The number of likely N-dealkylation sites (N-methyl/N-ethyl adjacent to an activating group) is 1. The molecule has 1 saturated heterocycles. The molecular weight excluding hydrogens is 286 g/mol. The molecule has 6 heteroatoms. The summed E-state index contributed by atoms with van der Waals surface area (Å²) < 4.78 is 11.4. The summed E-state index contributed by atoms with van der Waals surface area (Å²) in [7, 11) is 1.09. The first kappa shape index (κ1) is 16.1. The molecular formula is C15H23N3O2S. The van der Waals surface area contributed by atoms with Crippen molar-refractivity contribution in [3.8, 4) is 0 Å². The van der Waals surface area contributed by atoms with Gasteiger partial charge in [-0.05, 0) is 19.0 Å². The number of nitrogens with one attached hydrogen (secondary N) is 1. The molecule has 0 spiro atoms. The molecule has 1 unspecified atom stereocenters. The first-order valence-corrected chi connectivity index (χ1v) is 8.69. The van der Waals surface area contributed by atoms with Gasteiger partial charge >= 0.3 is 0 Å². The van der Waals surface area contributed by atoms with Crippen molar-refractivity contribution in [3.63, 3.8) is 0 Å². The number of nitrogens with two attached hydrogens (primary N) is 1. The highest BCUT2D eigenvalue weighted by atomic mass is 32.2. The molecule has 1 aliphatic heterocycles. The lowest BCUT2D eigenvalue weighted by Crippen LogP contribution is -2.53. The first-order chi connectivity index (χ1) is 10.1. The highest BCUT2D eigenvalue weighted by molar-refractivity contribution is 7.85. The smallest absolute Gasteiger partial charge is 0.242 e. The topological polar surface area (TPSA) is 75.4 Å². The predicted octanol–water partition coefficient (Wildman–Crippen LogP) is 0.0410. The van der Waals surface area contributed by atoms with Crippen LogP contribution in [-0.2, 0) is 21.1 Å². The molecule has 5 nitrogen and oxygen atoms in total. The quantitative estimate of drug-likeness (QED) is 0.778. The number of primary amides is 1. The lowest BCUT2D eigenvalue weighted by molar-refractivity contribution is -0.125. The van der Waals surface area contributed by atoms with Crippen LogP contribution in [0.25, 0.3) is 0 Å². The summed E-state index contributed by atoms with van der Waals surface area (Å²) in [6.07, 6.45) is 0.607. The summed E-state index contributed by atoms with van der Waals surface area (Å²) in [5, 5.41) is 3.12. The van der Waals surface area contributed by atoms with Gasteiger partial charge in [-0.2, -0.15) is 0 Å². The summed E-state index contributed by atoms with van der Waals surface area (Å²) in [5.74, 6) is 1.07. The zero-order chi connectivity index (χ0) is 15.3. The molecule has 1 fully saturated rings. The maximum absolute atomic E-state index is 12.1. The van der Waals surface area contributed by atoms with E-state index in [1.54, 1.807) is 7.05 Å². The Balaban J connectivity index is 2.10. The van der Waals surface area contributed by atoms with Crippen LogP contribution in [-0.4, -0.2) is 53.2 Å². The number of rotatable bonds is 6. The van der Waals surface area contributed by atoms with Crippen molar-refractivity contribution >= 4 is 16.7 Å². The monoisotopic (exact) mass is 309 g/mol. The van der Waals surface area contributed by atoms with Crippen LogP contribution >= 0.6 is 0 Å². The Bertz CT molecular complexity index is 499. The summed E-state index contributed by atoms with van der Waals surface area (Å²) in [6, 6.07) is 9.59. The van der Waals surface area contributed by atoms with E-state index < -0.39 is 16.3 Å². The fraction of sp³-hybridized carbons (Fsp3) is 0.533. The molecule has 3 N–H and O–H groups in total. The van der Waals surface area contributed by atoms with E-state index in [1.807, 2.05) is 30.3 Å². The first-order valence-electron chi connectivity index (χ1n) is 7.20. The molecule has 0 aliphatic carbocycles. The van der Waals surface area contributed by atoms with Crippen LogP contribution in [0.5, 0.6) is 0 Å². The third-order valence-electron chi connectivity index (χ3n) is 4.19. The van der Waals surface area contributed by atoms with Crippen molar-refractivity contribution in [2.45, 2.75) is 12.0 Å². The molecule has 1 amide bonds. The lowest BCUT2D eigenvalue weighted by Gasteiger charge is -2.34. The zero-order valence-electron chi connectivity index (χ0n) is 12.4. The number of carbonyl (C=O) groups excluding carboxylic acids is 1. The average Bonchev–Trinajstić information content (AvgIpc) is 2.51. The minimum Gasteiger partial charge on any atom is -0.368 e. The Kier molecular flexibility index (Phi) is 5.50. The number of amides is 1. The molecule has 116 valence electrons. The van der Waals surface area contributed by atoms with Gasteiger partial charge in [-0.1, -0.05) is 30.3 Å². The van der Waals surface area contributed by atoms with Gasteiger partial charge < -0.3 is 16.0 Å². The maximum Gasteiger partial charge on any atom is 0.242 e. The van der Waals surface area contributed by atoms with Gasteiger partial charge in [-0.3, -0.25) is 9.00 Å². The molecule has 0 aromatic heterocycles. The Hall–Kier alpha value is -1.24. The SMILES string of the molecule is CNC(CCN1CCS(=O)CC1)(C(N)=O)c1ccccc1. The minimum absolute atomic E-state index is 0.364. The van der Waals surface area contributed by atoms with Crippen LogP contribution in [0.15, 0.2) is 30.3 Å². The molecule has 1 aromatic rings. The second-order valence-corrected chi connectivity index (χ2v) is 7.02. The minimum atomic E-state index is -0.849. The van der Waals surface area contributed by atoms with E-state index in [9.17, 15) is 9.00 Å². The van der Waals surface area contributed by atoms with Gasteiger partial charge in [0.2, 0.25) is 5.91 Å². The largest absolute Gasteiger partial charge is 0.368 e. The number of carbonyl (C=O) groups is 1. The molecule has 0 saturated carbocycles. The van der Waals surface area contributed by atoms with E-state index in [0.717, 1.165) is 25.2 Å². The van der Waals surface area contributed by atoms with Gasteiger partial charge in [0.15, 0.2) is 0 Å². The molecule has 1 atom stereocenters. The Morgan fingerprint density at radius 2 is 1.95 bits per heavy atom. The van der Waals surface area contributed by atoms with Crippen molar-refractivity contribution in [2.24, 2.45) is 5.73 Å². The van der Waals surface area contributed by atoms with E-state index in [1.165, 1.54) is 0 Å². The van der Waals surface area contributed by atoms with Gasteiger partial charge in [0.25, 0.3) is 0 Å². The average molecular weight is 309 g/mol. The molecule has 0 bridgehead atoms. The second kappa shape index (κ2) is 7.15. The summed E-state index contributed by atoms with van der Waals surface area (Å²) in [6.45, 7) is 2.40. The Morgan fingerprint density at radius 3 is 2.48 bits per heavy atom. The van der Waals surface area contributed by atoms with Crippen molar-refractivity contribution in [1.82, 2.24) is 10.2 Å². The number of nitrogens with zero attached hydrogens (tertiary/aromatic N) is 1. The fourth-order valence-corrected chi connectivity index (χ4v) is 3.88. The van der Waals surface area contributed by atoms with Crippen molar-refractivity contribution < 1.29 is 9.00 Å². The normalized spacial score (nSPS) is 20.0. The Labute approximate surface area is 128 Å². The van der Waals surface area contributed by atoms with Gasteiger partial charge in [0.05, 0.1) is 0 Å². The third-order valence-corrected chi connectivity index (χ3v) is 5.46. The van der Waals surface area contributed by atoms with Crippen LogP contribution in [0.2, 0.25) is 0 Å². The van der Waals surface area contributed by atoms with Crippen LogP contribution in [0.4, 0.5) is 0 Å². The van der Waals surface area contributed by atoms with Crippen LogP contribution in [0.1, 0.15) is 12.0 Å². The Morgan fingerprint density at radius 1 is 1.33 bits per heavy atom. The van der Waals surface area contributed by atoms with E-state index in [2.05, 4.69) is 10.2 Å². The summed E-state index contributed by atoms with van der Waals surface area (Å²) in [4.78, 5) is 14.3. The van der Waals surface area contributed by atoms with Gasteiger partial charge in [-0.25, -0.2) is 0 Å². The summed E-state index contributed by atoms with van der Waals surface area (Å²) in [5.41, 5.74) is 5.72. The number of hydrogen-bond donors (Lipinski definition) is 2. The number of benzene rings is 1. The second-order valence-electron chi connectivity index (χ2n) is 5.33. The van der Waals surface area contributed by atoms with E-state index in [-0.39, 0.29) is 5.91 Å².